The average molecular weight is 275 g/mol. The summed E-state index contributed by atoms with van der Waals surface area (Å²) in [5.41, 5.74) is 0.905. The van der Waals surface area contributed by atoms with Crippen molar-refractivity contribution in [2.75, 3.05) is 0 Å². The predicted octanol–water partition coefficient (Wildman–Crippen LogP) is 3.51. The maximum atomic E-state index is 12.1. The molecule has 0 aromatic heterocycles. The van der Waals surface area contributed by atoms with Crippen molar-refractivity contribution in [3.63, 3.8) is 0 Å². The van der Waals surface area contributed by atoms with Gasteiger partial charge in [0, 0.05) is 12.3 Å². The zero-order chi connectivity index (χ0) is 15.3. The Balaban J connectivity index is 2.90. The van der Waals surface area contributed by atoms with E-state index < -0.39 is 0 Å². The van der Waals surface area contributed by atoms with Crippen LogP contribution < -0.4 is 5.32 Å². The monoisotopic (exact) mass is 275 g/mol. The van der Waals surface area contributed by atoms with Gasteiger partial charge in [-0.15, -0.1) is 0 Å². The lowest BCUT2D eigenvalue weighted by atomic mass is 9.89. The minimum absolute atomic E-state index is 0.0144. The van der Waals surface area contributed by atoms with E-state index in [0.29, 0.717) is 6.42 Å². The number of carbonyl (C=O) groups excluding carboxylic acids is 2. The molecule has 0 unspecified atom stereocenters. The van der Waals surface area contributed by atoms with Crippen LogP contribution >= 0.6 is 0 Å². The summed E-state index contributed by atoms with van der Waals surface area (Å²) in [6.07, 6.45) is 0.445. The van der Waals surface area contributed by atoms with E-state index in [1.165, 1.54) is 0 Å². The number of hydrogen-bond donors (Lipinski definition) is 1. The van der Waals surface area contributed by atoms with Crippen LogP contribution in [0.25, 0.3) is 0 Å². The Bertz CT molecular complexity index is 460. The molecule has 0 spiro atoms. The van der Waals surface area contributed by atoms with Crippen molar-refractivity contribution in [3.8, 4) is 0 Å². The molecule has 0 radical (unpaired) electrons. The molecule has 0 fully saturated rings. The number of ketones is 1. The van der Waals surface area contributed by atoms with Crippen molar-refractivity contribution >= 4 is 11.7 Å². The maximum absolute atomic E-state index is 12.1. The standard InChI is InChI=1S/C17H25NO2/c1-12(13(2)19)16(14-9-7-6-8-10-14)18-15(20)11-17(3,4)5/h6-10,12,16H,11H2,1-5H3,(H,18,20)/t12-,16+/m0/s1. The van der Waals surface area contributed by atoms with Crippen LogP contribution in [0.2, 0.25) is 0 Å². The lowest BCUT2D eigenvalue weighted by Crippen LogP contribution is -2.36. The second-order valence-electron chi connectivity index (χ2n) is 6.59. The first-order valence-electron chi connectivity index (χ1n) is 7.05. The van der Waals surface area contributed by atoms with E-state index in [9.17, 15) is 9.59 Å². The highest BCUT2D eigenvalue weighted by atomic mass is 16.2. The molecule has 0 heterocycles. The summed E-state index contributed by atoms with van der Waals surface area (Å²) in [6, 6.07) is 9.40. The van der Waals surface area contributed by atoms with Gasteiger partial charge in [0.2, 0.25) is 5.91 Å². The van der Waals surface area contributed by atoms with Crippen molar-refractivity contribution in [2.24, 2.45) is 11.3 Å². The van der Waals surface area contributed by atoms with Gasteiger partial charge in [0.15, 0.2) is 0 Å². The molecule has 1 aromatic carbocycles. The van der Waals surface area contributed by atoms with Crippen LogP contribution in [0.15, 0.2) is 30.3 Å². The summed E-state index contributed by atoms with van der Waals surface area (Å²) in [5, 5.41) is 3.01. The smallest absolute Gasteiger partial charge is 0.221 e. The Morgan fingerprint density at radius 2 is 1.70 bits per heavy atom. The topological polar surface area (TPSA) is 46.2 Å². The summed E-state index contributed by atoms with van der Waals surface area (Å²) in [7, 11) is 0. The van der Waals surface area contributed by atoms with E-state index in [2.05, 4.69) is 5.32 Å². The van der Waals surface area contributed by atoms with Crippen LogP contribution in [0.4, 0.5) is 0 Å². The number of benzene rings is 1. The van der Waals surface area contributed by atoms with Crippen LogP contribution in [0, 0.1) is 11.3 Å². The fourth-order valence-corrected chi connectivity index (χ4v) is 2.10. The van der Waals surface area contributed by atoms with Crippen molar-refractivity contribution in [2.45, 2.75) is 47.1 Å². The van der Waals surface area contributed by atoms with Crippen molar-refractivity contribution < 1.29 is 9.59 Å². The van der Waals surface area contributed by atoms with Crippen LogP contribution in [0.1, 0.15) is 52.6 Å². The summed E-state index contributed by atoms with van der Waals surface area (Å²) < 4.78 is 0. The molecule has 1 N–H and O–H groups in total. The van der Waals surface area contributed by atoms with Crippen molar-refractivity contribution in [3.05, 3.63) is 35.9 Å². The second kappa shape index (κ2) is 6.69. The summed E-state index contributed by atoms with van der Waals surface area (Å²) >= 11 is 0. The van der Waals surface area contributed by atoms with E-state index in [-0.39, 0.29) is 29.1 Å². The van der Waals surface area contributed by atoms with Gasteiger partial charge < -0.3 is 5.32 Å². The van der Waals surface area contributed by atoms with Crippen molar-refractivity contribution in [1.82, 2.24) is 5.32 Å². The number of carbonyl (C=O) groups is 2. The third-order valence-electron chi connectivity index (χ3n) is 3.31. The van der Waals surface area contributed by atoms with Gasteiger partial charge >= 0.3 is 0 Å². The first-order valence-corrected chi connectivity index (χ1v) is 7.05. The van der Waals surface area contributed by atoms with Gasteiger partial charge in [-0.25, -0.2) is 0 Å². The number of nitrogens with one attached hydrogen (secondary N) is 1. The molecule has 0 aliphatic rings. The van der Waals surface area contributed by atoms with Gasteiger partial charge in [0.25, 0.3) is 0 Å². The van der Waals surface area contributed by atoms with Gasteiger partial charge in [0.05, 0.1) is 6.04 Å². The fourth-order valence-electron chi connectivity index (χ4n) is 2.10. The molecule has 1 amide bonds. The molecule has 110 valence electrons. The molecule has 1 aromatic rings. The molecule has 3 heteroatoms. The molecular weight excluding hydrogens is 250 g/mol. The second-order valence-corrected chi connectivity index (χ2v) is 6.59. The van der Waals surface area contributed by atoms with Gasteiger partial charge in [-0.1, -0.05) is 58.0 Å². The van der Waals surface area contributed by atoms with E-state index in [1.807, 2.05) is 58.0 Å². The Labute approximate surface area is 121 Å². The Hall–Kier alpha value is -1.64. The quantitative estimate of drug-likeness (QED) is 0.894. The highest BCUT2D eigenvalue weighted by Gasteiger charge is 2.26. The first-order chi connectivity index (χ1) is 9.20. The molecular formula is C17H25NO2. The van der Waals surface area contributed by atoms with Gasteiger partial charge in [-0.05, 0) is 17.9 Å². The largest absolute Gasteiger partial charge is 0.349 e. The van der Waals surface area contributed by atoms with Crippen LogP contribution in [-0.2, 0) is 9.59 Å². The number of Topliss-reactive ketones (excluding diaryl/α,β-unsaturated/α-hetero) is 1. The highest BCUT2D eigenvalue weighted by Crippen LogP contribution is 2.24. The number of amides is 1. The van der Waals surface area contributed by atoms with Crippen LogP contribution in [0.5, 0.6) is 0 Å². The predicted molar refractivity (Wildman–Crippen MR) is 81.2 cm³/mol. The fraction of sp³-hybridized carbons (Fsp3) is 0.529. The zero-order valence-corrected chi connectivity index (χ0v) is 13.1. The van der Waals surface area contributed by atoms with Gasteiger partial charge in [-0.2, -0.15) is 0 Å². The normalized spacial score (nSPS) is 14.4. The first kappa shape index (κ1) is 16.4. The Kier molecular flexibility index (Phi) is 5.49. The lowest BCUT2D eigenvalue weighted by molar-refractivity contribution is -0.125. The molecule has 0 bridgehead atoms. The Morgan fingerprint density at radius 3 is 2.15 bits per heavy atom. The SMILES string of the molecule is CC(=O)[C@H](C)[C@@H](NC(=O)CC(C)(C)C)c1ccccc1. The van der Waals surface area contributed by atoms with E-state index in [4.69, 9.17) is 0 Å². The third-order valence-corrected chi connectivity index (χ3v) is 3.31. The summed E-state index contributed by atoms with van der Waals surface area (Å²) in [4.78, 5) is 23.8. The molecule has 1 rings (SSSR count). The Morgan fingerprint density at radius 1 is 1.15 bits per heavy atom. The van der Waals surface area contributed by atoms with E-state index in [1.54, 1.807) is 6.92 Å². The van der Waals surface area contributed by atoms with E-state index in [0.717, 1.165) is 5.56 Å². The molecule has 2 atom stereocenters. The number of rotatable bonds is 5. The highest BCUT2D eigenvalue weighted by molar-refractivity contribution is 5.81. The molecule has 0 aliphatic heterocycles. The molecule has 3 nitrogen and oxygen atoms in total. The minimum Gasteiger partial charge on any atom is -0.349 e. The van der Waals surface area contributed by atoms with Gasteiger partial charge in [-0.3, -0.25) is 9.59 Å². The molecule has 0 aliphatic carbocycles. The van der Waals surface area contributed by atoms with E-state index >= 15 is 0 Å². The molecule has 20 heavy (non-hydrogen) atoms. The molecule has 0 saturated heterocycles. The lowest BCUT2D eigenvalue weighted by Gasteiger charge is -2.26. The summed E-state index contributed by atoms with van der Waals surface area (Å²) in [5.74, 6) is -0.171. The number of hydrogen-bond acceptors (Lipinski definition) is 2. The van der Waals surface area contributed by atoms with Gasteiger partial charge in [0.1, 0.15) is 5.78 Å². The molecule has 0 saturated carbocycles. The third kappa shape index (κ3) is 5.16. The van der Waals surface area contributed by atoms with Crippen LogP contribution in [0.3, 0.4) is 0 Å². The van der Waals surface area contributed by atoms with Crippen LogP contribution in [-0.4, -0.2) is 11.7 Å². The minimum atomic E-state index is -0.261. The zero-order valence-electron chi connectivity index (χ0n) is 13.1. The average Bonchev–Trinajstić information content (AvgIpc) is 2.34. The van der Waals surface area contributed by atoms with Crippen molar-refractivity contribution in [1.29, 1.82) is 0 Å². The maximum Gasteiger partial charge on any atom is 0.221 e. The summed E-state index contributed by atoms with van der Waals surface area (Å²) in [6.45, 7) is 9.50.